The zero-order valence-corrected chi connectivity index (χ0v) is 15.1. The van der Waals surface area contributed by atoms with Gasteiger partial charge < -0.3 is 5.73 Å². The number of nitrogens with zero attached hydrogens (tertiary/aromatic N) is 5. The first-order valence-corrected chi connectivity index (χ1v) is 8.36. The van der Waals surface area contributed by atoms with Gasteiger partial charge in [0.25, 0.3) is 5.56 Å². The molecule has 4 aromatic rings. The van der Waals surface area contributed by atoms with Crippen molar-refractivity contribution in [3.05, 3.63) is 62.6 Å². The number of rotatable bonds is 3. The zero-order valence-electron chi connectivity index (χ0n) is 15.1. The number of aryl methyl sites for hydroxylation is 2. The molecule has 1 aromatic carbocycles. The van der Waals surface area contributed by atoms with Crippen LogP contribution in [0.3, 0.4) is 0 Å². The minimum absolute atomic E-state index is 0.239. The highest BCUT2D eigenvalue weighted by Gasteiger charge is 2.23. The van der Waals surface area contributed by atoms with E-state index in [1.165, 1.54) is 11.6 Å². The van der Waals surface area contributed by atoms with E-state index in [1.807, 2.05) is 48.7 Å². The second-order valence-corrected chi connectivity index (χ2v) is 6.46. The van der Waals surface area contributed by atoms with Crippen LogP contribution in [0.25, 0.3) is 22.6 Å². The van der Waals surface area contributed by atoms with Crippen LogP contribution >= 0.6 is 0 Å². The molecule has 0 atom stereocenters. The molecule has 0 unspecified atom stereocenters. The summed E-state index contributed by atoms with van der Waals surface area (Å²) in [6, 6.07) is 9.63. The molecule has 0 aliphatic rings. The fraction of sp³-hybridized carbons (Fsp3) is 0.222. The summed E-state index contributed by atoms with van der Waals surface area (Å²) in [4.78, 5) is 41.4. The van der Waals surface area contributed by atoms with Crippen LogP contribution in [0.5, 0.6) is 0 Å². The van der Waals surface area contributed by atoms with Crippen molar-refractivity contribution in [3.8, 4) is 5.69 Å². The number of imidazole rings is 2. The highest BCUT2D eigenvalue weighted by Crippen LogP contribution is 2.24. The summed E-state index contributed by atoms with van der Waals surface area (Å²) in [7, 11) is 1.52. The lowest BCUT2D eigenvalue weighted by Crippen LogP contribution is -2.42. The van der Waals surface area contributed by atoms with E-state index in [2.05, 4.69) is 4.98 Å². The Hall–Kier alpha value is -3.62. The van der Waals surface area contributed by atoms with Crippen molar-refractivity contribution >= 4 is 22.8 Å². The summed E-state index contributed by atoms with van der Waals surface area (Å²) >= 11 is 0. The lowest BCUT2D eigenvalue weighted by Gasteiger charge is -2.07. The molecule has 9 heteroatoms. The molecule has 4 rings (SSSR count). The number of nitrogens with two attached hydrogens (primary N) is 1. The minimum atomic E-state index is -0.760. The van der Waals surface area contributed by atoms with Gasteiger partial charge in [-0.2, -0.15) is 4.98 Å². The smallest absolute Gasteiger partial charge is 0.332 e. The summed E-state index contributed by atoms with van der Waals surface area (Å²) < 4.78 is 5.75. The maximum absolute atomic E-state index is 13.0. The zero-order chi connectivity index (χ0) is 19.5. The molecule has 138 valence electrons. The molecular weight excluding hydrogens is 348 g/mol. The van der Waals surface area contributed by atoms with Gasteiger partial charge in [0.05, 0.1) is 0 Å². The van der Waals surface area contributed by atoms with Crippen LogP contribution < -0.4 is 17.0 Å². The first-order valence-electron chi connectivity index (χ1n) is 8.36. The highest BCUT2D eigenvalue weighted by atomic mass is 16.2. The van der Waals surface area contributed by atoms with Crippen molar-refractivity contribution in [2.24, 2.45) is 12.8 Å². The highest BCUT2D eigenvalue weighted by molar-refractivity contribution is 5.78. The van der Waals surface area contributed by atoms with Gasteiger partial charge in [0, 0.05) is 24.1 Å². The van der Waals surface area contributed by atoms with E-state index >= 15 is 0 Å². The molecule has 3 heterocycles. The predicted octanol–water partition coefficient (Wildman–Crippen LogP) is 0.241. The third-order valence-corrected chi connectivity index (χ3v) is 4.85. The number of para-hydroxylation sites is 1. The molecular formula is C18H18N6O3. The van der Waals surface area contributed by atoms with Crippen LogP contribution in [0.1, 0.15) is 11.4 Å². The molecule has 2 N–H and O–H groups in total. The van der Waals surface area contributed by atoms with Crippen molar-refractivity contribution in [3.63, 3.8) is 0 Å². The van der Waals surface area contributed by atoms with Gasteiger partial charge in [-0.3, -0.25) is 23.1 Å². The van der Waals surface area contributed by atoms with Crippen LogP contribution in [0.2, 0.25) is 0 Å². The molecule has 1 amide bonds. The predicted molar refractivity (Wildman–Crippen MR) is 100 cm³/mol. The summed E-state index contributed by atoms with van der Waals surface area (Å²) in [6.07, 6.45) is 0. The Morgan fingerprint density at radius 3 is 2.41 bits per heavy atom. The molecule has 0 bridgehead atoms. The van der Waals surface area contributed by atoms with Crippen molar-refractivity contribution in [2.45, 2.75) is 20.4 Å². The Kier molecular flexibility index (Phi) is 3.55. The molecule has 0 radical (unpaired) electrons. The lowest BCUT2D eigenvalue weighted by atomic mass is 10.3. The number of aromatic nitrogens is 5. The average molecular weight is 366 g/mol. The molecule has 0 spiro atoms. The van der Waals surface area contributed by atoms with Gasteiger partial charge in [-0.05, 0) is 26.0 Å². The van der Waals surface area contributed by atoms with Crippen LogP contribution in [-0.2, 0) is 18.4 Å². The number of hydrogen-bond acceptors (Lipinski definition) is 4. The molecule has 0 saturated heterocycles. The first kappa shape index (κ1) is 16.8. The Morgan fingerprint density at radius 1 is 1.11 bits per heavy atom. The third kappa shape index (κ3) is 2.24. The largest absolute Gasteiger partial charge is 0.368 e. The second-order valence-electron chi connectivity index (χ2n) is 6.46. The minimum Gasteiger partial charge on any atom is -0.368 e. The maximum atomic E-state index is 13.0. The van der Waals surface area contributed by atoms with E-state index in [9.17, 15) is 14.4 Å². The van der Waals surface area contributed by atoms with Gasteiger partial charge in [0.15, 0.2) is 11.2 Å². The maximum Gasteiger partial charge on any atom is 0.332 e. The Bertz CT molecular complexity index is 1340. The number of primary amides is 1. The Balaban J connectivity index is 2.21. The van der Waals surface area contributed by atoms with Crippen molar-refractivity contribution in [1.29, 1.82) is 0 Å². The first-order chi connectivity index (χ1) is 12.8. The molecule has 0 saturated carbocycles. The van der Waals surface area contributed by atoms with Gasteiger partial charge in [-0.1, -0.05) is 18.2 Å². The number of carbonyl (C=O) groups excluding carboxylic acids is 1. The molecule has 3 aromatic heterocycles. The van der Waals surface area contributed by atoms with Gasteiger partial charge in [-0.25, -0.2) is 9.36 Å². The summed E-state index contributed by atoms with van der Waals surface area (Å²) in [6.45, 7) is 3.34. The van der Waals surface area contributed by atoms with Gasteiger partial charge >= 0.3 is 5.69 Å². The molecule has 9 nitrogen and oxygen atoms in total. The third-order valence-electron chi connectivity index (χ3n) is 4.85. The van der Waals surface area contributed by atoms with Crippen molar-refractivity contribution in [2.75, 3.05) is 0 Å². The SMILES string of the molecule is Cc1c(C)n2c3c(=O)n(CC(N)=O)c(=O)n(C)c3nc2n1-c1ccccc1. The normalized spacial score (nSPS) is 11.5. The summed E-state index contributed by atoms with van der Waals surface area (Å²) in [5.41, 5.74) is 7.11. The van der Waals surface area contributed by atoms with Gasteiger partial charge in [0.2, 0.25) is 11.7 Å². The molecule has 27 heavy (non-hydrogen) atoms. The van der Waals surface area contributed by atoms with Gasteiger partial charge in [-0.15, -0.1) is 0 Å². The standard InChI is InChI=1S/C18H18N6O3/c1-10-11(2)24-14-15(20-17(24)23(10)12-7-5-4-6-8-12)21(3)18(27)22(16(14)26)9-13(19)25/h4-8H,9H2,1-3H3,(H2,19,25). The second kappa shape index (κ2) is 5.70. The lowest BCUT2D eigenvalue weighted by molar-refractivity contribution is -0.118. The number of hydrogen-bond donors (Lipinski definition) is 1. The van der Waals surface area contributed by atoms with E-state index in [4.69, 9.17) is 5.73 Å². The molecule has 0 fully saturated rings. The topological polar surface area (TPSA) is 109 Å². The van der Waals surface area contributed by atoms with Crippen LogP contribution in [0.15, 0.2) is 39.9 Å². The van der Waals surface area contributed by atoms with Crippen LogP contribution in [0, 0.1) is 13.8 Å². The number of amides is 1. The quantitative estimate of drug-likeness (QED) is 0.560. The van der Waals surface area contributed by atoms with Gasteiger partial charge in [0.1, 0.15) is 6.54 Å². The van der Waals surface area contributed by atoms with E-state index in [0.717, 1.165) is 21.6 Å². The monoisotopic (exact) mass is 366 g/mol. The molecule has 0 aliphatic carbocycles. The Morgan fingerprint density at radius 2 is 1.78 bits per heavy atom. The summed E-state index contributed by atoms with van der Waals surface area (Å²) in [5.74, 6) is -0.237. The van der Waals surface area contributed by atoms with E-state index in [1.54, 1.807) is 4.40 Å². The number of fused-ring (bicyclic) bond motifs is 3. The molecule has 0 aliphatic heterocycles. The number of carbonyl (C=O) groups is 1. The van der Waals surface area contributed by atoms with E-state index in [-0.39, 0.29) is 11.2 Å². The van der Waals surface area contributed by atoms with Crippen LogP contribution in [-0.4, -0.2) is 29.0 Å². The van der Waals surface area contributed by atoms with Crippen molar-refractivity contribution in [1.82, 2.24) is 23.1 Å². The van der Waals surface area contributed by atoms with Crippen LogP contribution in [0.4, 0.5) is 0 Å². The fourth-order valence-electron chi connectivity index (χ4n) is 3.43. The van der Waals surface area contributed by atoms with E-state index in [0.29, 0.717) is 5.78 Å². The average Bonchev–Trinajstić information content (AvgIpc) is 3.14. The summed E-state index contributed by atoms with van der Waals surface area (Å²) in [5, 5.41) is 0. The fourth-order valence-corrected chi connectivity index (χ4v) is 3.43. The van der Waals surface area contributed by atoms with E-state index < -0.39 is 23.7 Å². The van der Waals surface area contributed by atoms with Crippen molar-refractivity contribution < 1.29 is 4.79 Å². The Labute approximate surface area is 152 Å². The number of benzene rings is 1.